The van der Waals surface area contributed by atoms with Crippen molar-refractivity contribution in [2.24, 2.45) is 11.8 Å². The number of ether oxygens (including phenoxy) is 1. The molecule has 2 heterocycles. The fraction of sp³-hybridized carbons (Fsp3) is 0.850. The van der Waals surface area contributed by atoms with Gasteiger partial charge in [0.1, 0.15) is 0 Å². The minimum Gasteiger partial charge on any atom is -0.481 e. The highest BCUT2D eigenvalue weighted by Crippen LogP contribution is 2.47. The molecular weight excluding hydrogens is 320 g/mol. The topological polar surface area (TPSA) is 46.5 Å². The third-order valence-electron chi connectivity index (χ3n) is 6.00. The van der Waals surface area contributed by atoms with Gasteiger partial charge in [0.2, 0.25) is 0 Å². The number of carboxylic acids is 1. The van der Waals surface area contributed by atoms with Crippen LogP contribution in [0.15, 0.2) is 12.2 Å². The molecule has 3 rings (SSSR count). The summed E-state index contributed by atoms with van der Waals surface area (Å²) < 4.78 is 6.22. The first-order valence-electron chi connectivity index (χ1n) is 9.88. The van der Waals surface area contributed by atoms with Crippen molar-refractivity contribution in [3.63, 3.8) is 0 Å². The van der Waals surface area contributed by atoms with Gasteiger partial charge in [0.25, 0.3) is 0 Å². The summed E-state index contributed by atoms with van der Waals surface area (Å²) in [4.78, 5) is 10.5. The molecule has 3 fully saturated rings. The maximum Gasteiger partial charge on any atom is 0.303 e. The van der Waals surface area contributed by atoms with Gasteiger partial charge >= 0.3 is 5.97 Å². The van der Waals surface area contributed by atoms with Gasteiger partial charge in [-0.05, 0) is 62.5 Å². The van der Waals surface area contributed by atoms with Crippen LogP contribution in [0.1, 0.15) is 70.6 Å². The number of aliphatic carboxylic acids is 1. The molecule has 3 nitrogen and oxygen atoms in total. The Hall–Kier alpha value is -0.480. The van der Waals surface area contributed by atoms with Crippen molar-refractivity contribution in [1.29, 1.82) is 0 Å². The second kappa shape index (κ2) is 9.28. The van der Waals surface area contributed by atoms with E-state index in [1.165, 1.54) is 50.7 Å². The zero-order chi connectivity index (χ0) is 16.8. The normalized spacial score (nSPS) is 33.5. The molecule has 0 unspecified atom stereocenters. The molecular formula is C20H32O3S. The Labute approximate surface area is 150 Å². The standard InChI is InChI=1S/C20H32O3S/c21-20(22)11-7-2-1-6-10-16-17(19-13-12-18(16)23-19)14-24-15-8-4-3-5-9-15/h1,6,15-19H,2-5,7-14H2,(H,21,22)/t16-,17+,18-,19+/m1/s1. The van der Waals surface area contributed by atoms with Crippen molar-refractivity contribution in [3.8, 4) is 0 Å². The zero-order valence-corrected chi connectivity index (χ0v) is 15.5. The van der Waals surface area contributed by atoms with E-state index in [1.54, 1.807) is 0 Å². The summed E-state index contributed by atoms with van der Waals surface area (Å²) in [5.74, 6) is 2.02. The van der Waals surface area contributed by atoms with Gasteiger partial charge < -0.3 is 9.84 Å². The maximum atomic E-state index is 10.5. The second-order valence-corrected chi connectivity index (χ2v) is 9.04. The molecule has 1 aliphatic carbocycles. The third kappa shape index (κ3) is 5.01. The van der Waals surface area contributed by atoms with Crippen LogP contribution in [0.3, 0.4) is 0 Å². The number of carbonyl (C=O) groups is 1. The first kappa shape index (κ1) is 18.3. The molecule has 4 heteroatoms. The van der Waals surface area contributed by atoms with Crippen LogP contribution in [-0.4, -0.2) is 34.3 Å². The van der Waals surface area contributed by atoms with Gasteiger partial charge in [-0.3, -0.25) is 4.79 Å². The molecule has 136 valence electrons. The molecule has 1 saturated carbocycles. The zero-order valence-electron chi connectivity index (χ0n) is 14.7. The van der Waals surface area contributed by atoms with E-state index in [2.05, 4.69) is 23.9 Å². The van der Waals surface area contributed by atoms with Gasteiger partial charge in [0.05, 0.1) is 12.2 Å². The van der Waals surface area contributed by atoms with E-state index in [1.807, 2.05) is 0 Å². The lowest BCUT2D eigenvalue weighted by Gasteiger charge is -2.29. The highest BCUT2D eigenvalue weighted by atomic mass is 32.2. The minimum absolute atomic E-state index is 0.280. The molecule has 0 aromatic rings. The highest BCUT2D eigenvalue weighted by molar-refractivity contribution is 7.99. The van der Waals surface area contributed by atoms with Gasteiger partial charge in [-0.1, -0.05) is 31.4 Å². The molecule has 24 heavy (non-hydrogen) atoms. The SMILES string of the molecule is O=C(O)CCCC=CC[C@@H]1[C@H](CSC2CCCCC2)[C@@H]2CC[C@H]1O2. The fourth-order valence-corrected chi connectivity index (χ4v) is 6.27. The quantitative estimate of drug-likeness (QED) is 0.466. The average molecular weight is 353 g/mol. The van der Waals surface area contributed by atoms with Crippen LogP contribution in [0, 0.1) is 11.8 Å². The Balaban J connectivity index is 1.42. The van der Waals surface area contributed by atoms with Crippen molar-refractivity contribution in [2.45, 2.75) is 88.1 Å². The van der Waals surface area contributed by atoms with Crippen LogP contribution < -0.4 is 0 Å². The molecule has 0 aromatic heterocycles. The van der Waals surface area contributed by atoms with Crippen molar-refractivity contribution in [1.82, 2.24) is 0 Å². The van der Waals surface area contributed by atoms with Crippen LogP contribution in [0.25, 0.3) is 0 Å². The lowest BCUT2D eigenvalue weighted by molar-refractivity contribution is -0.137. The van der Waals surface area contributed by atoms with Crippen molar-refractivity contribution < 1.29 is 14.6 Å². The number of allylic oxidation sites excluding steroid dienone is 2. The van der Waals surface area contributed by atoms with Gasteiger partial charge in [-0.2, -0.15) is 11.8 Å². The second-order valence-electron chi connectivity index (χ2n) is 7.70. The predicted molar refractivity (Wildman–Crippen MR) is 99.4 cm³/mol. The van der Waals surface area contributed by atoms with Crippen LogP contribution in [0.2, 0.25) is 0 Å². The van der Waals surface area contributed by atoms with Crippen LogP contribution in [-0.2, 0) is 9.53 Å². The summed E-state index contributed by atoms with van der Waals surface area (Å²) in [6.07, 6.45) is 18.1. The van der Waals surface area contributed by atoms with Gasteiger partial charge in [0, 0.05) is 11.7 Å². The Bertz CT molecular complexity index is 431. The minimum atomic E-state index is -0.690. The maximum absolute atomic E-state index is 10.5. The summed E-state index contributed by atoms with van der Waals surface area (Å²) in [6, 6.07) is 0. The van der Waals surface area contributed by atoms with Gasteiger partial charge in [-0.25, -0.2) is 0 Å². The molecule has 3 aliphatic rings. The number of fused-ring (bicyclic) bond motifs is 2. The van der Waals surface area contributed by atoms with E-state index >= 15 is 0 Å². The molecule has 2 aliphatic heterocycles. The summed E-state index contributed by atoms with van der Waals surface area (Å²) in [7, 11) is 0. The van der Waals surface area contributed by atoms with E-state index in [4.69, 9.17) is 9.84 Å². The Kier molecular flexibility index (Phi) is 7.08. The molecule has 0 amide bonds. The summed E-state index contributed by atoms with van der Waals surface area (Å²) in [5.41, 5.74) is 0. The number of carboxylic acid groups (broad SMARTS) is 1. The van der Waals surface area contributed by atoms with Gasteiger partial charge in [-0.15, -0.1) is 0 Å². The van der Waals surface area contributed by atoms with Gasteiger partial charge in [0.15, 0.2) is 0 Å². The fourth-order valence-electron chi connectivity index (χ4n) is 4.65. The van der Waals surface area contributed by atoms with E-state index in [0.29, 0.717) is 18.1 Å². The van der Waals surface area contributed by atoms with E-state index in [-0.39, 0.29) is 6.42 Å². The van der Waals surface area contributed by atoms with E-state index < -0.39 is 5.97 Å². The van der Waals surface area contributed by atoms with E-state index in [9.17, 15) is 4.79 Å². The number of thioether (sulfide) groups is 1. The number of hydrogen-bond acceptors (Lipinski definition) is 3. The van der Waals surface area contributed by atoms with Crippen molar-refractivity contribution in [3.05, 3.63) is 12.2 Å². The lowest BCUT2D eigenvalue weighted by atomic mass is 9.78. The Morgan fingerprint density at radius 3 is 2.54 bits per heavy atom. The predicted octanol–water partition coefficient (Wildman–Crippen LogP) is 5.05. The lowest BCUT2D eigenvalue weighted by Crippen LogP contribution is -2.29. The van der Waals surface area contributed by atoms with Crippen LogP contribution in [0.4, 0.5) is 0 Å². The van der Waals surface area contributed by atoms with E-state index in [0.717, 1.165) is 30.4 Å². The third-order valence-corrected chi connectivity index (χ3v) is 7.52. The largest absolute Gasteiger partial charge is 0.481 e. The Morgan fingerprint density at radius 1 is 1.04 bits per heavy atom. The Morgan fingerprint density at radius 2 is 1.79 bits per heavy atom. The van der Waals surface area contributed by atoms with Crippen molar-refractivity contribution in [2.75, 3.05) is 5.75 Å². The highest BCUT2D eigenvalue weighted by Gasteiger charge is 2.47. The number of unbranched alkanes of at least 4 members (excludes halogenated alkanes) is 1. The first-order chi connectivity index (χ1) is 11.7. The summed E-state index contributed by atoms with van der Waals surface area (Å²) in [6.45, 7) is 0. The monoisotopic (exact) mass is 352 g/mol. The molecule has 2 saturated heterocycles. The van der Waals surface area contributed by atoms with Crippen molar-refractivity contribution >= 4 is 17.7 Å². The smallest absolute Gasteiger partial charge is 0.303 e. The average Bonchev–Trinajstić information content (AvgIpc) is 3.18. The summed E-state index contributed by atoms with van der Waals surface area (Å²) in [5, 5.41) is 9.57. The number of hydrogen-bond donors (Lipinski definition) is 1. The first-order valence-corrected chi connectivity index (χ1v) is 10.9. The number of rotatable bonds is 9. The van der Waals surface area contributed by atoms with Crippen LogP contribution >= 0.6 is 11.8 Å². The van der Waals surface area contributed by atoms with Crippen LogP contribution in [0.5, 0.6) is 0 Å². The molecule has 0 spiro atoms. The molecule has 2 bridgehead atoms. The molecule has 1 N–H and O–H groups in total. The summed E-state index contributed by atoms with van der Waals surface area (Å²) >= 11 is 2.22. The molecule has 0 aromatic carbocycles. The molecule has 0 radical (unpaired) electrons. The molecule has 4 atom stereocenters.